The van der Waals surface area contributed by atoms with E-state index in [4.69, 9.17) is 5.73 Å². The highest BCUT2D eigenvalue weighted by atomic mass is 16.3. The molecule has 1 saturated carbocycles. The van der Waals surface area contributed by atoms with E-state index in [0.29, 0.717) is 24.1 Å². The van der Waals surface area contributed by atoms with Gasteiger partial charge in [-0.15, -0.1) is 0 Å². The molecule has 1 aromatic rings. The smallest absolute Gasteiger partial charge is 0.259 e. The van der Waals surface area contributed by atoms with Gasteiger partial charge in [0.25, 0.3) is 11.5 Å². The number of carbonyl (C=O) groups excluding carboxylic acids is 3. The summed E-state index contributed by atoms with van der Waals surface area (Å²) in [6, 6.07) is 1.76. The predicted molar refractivity (Wildman–Crippen MR) is 106 cm³/mol. The van der Waals surface area contributed by atoms with Gasteiger partial charge in [0, 0.05) is 23.7 Å². The van der Waals surface area contributed by atoms with E-state index in [-0.39, 0.29) is 17.7 Å². The van der Waals surface area contributed by atoms with E-state index in [1.807, 2.05) is 0 Å². The molecule has 0 radical (unpaired) electrons. The topological polar surface area (TPSA) is 163 Å². The van der Waals surface area contributed by atoms with Crippen molar-refractivity contribution in [2.24, 2.45) is 29.4 Å². The van der Waals surface area contributed by atoms with Gasteiger partial charge < -0.3 is 26.2 Å². The van der Waals surface area contributed by atoms with Gasteiger partial charge in [-0.1, -0.05) is 0 Å². The monoisotopic (exact) mass is 413 g/mol. The van der Waals surface area contributed by atoms with Gasteiger partial charge in [0.1, 0.15) is 17.1 Å². The molecule has 30 heavy (non-hydrogen) atoms. The Bertz CT molecular complexity index is 1110. The lowest BCUT2D eigenvalue weighted by molar-refractivity contribution is -0.136. The minimum Gasteiger partial charge on any atom is -0.511 e. The van der Waals surface area contributed by atoms with Crippen LogP contribution in [0.1, 0.15) is 23.2 Å². The molecule has 1 fully saturated rings. The number of hydrogen-bond acceptors (Lipinski definition) is 7. The lowest BCUT2D eigenvalue weighted by Crippen LogP contribution is -2.52. The lowest BCUT2D eigenvalue weighted by Gasteiger charge is -2.44. The Morgan fingerprint density at radius 2 is 1.97 bits per heavy atom. The van der Waals surface area contributed by atoms with Gasteiger partial charge in [-0.2, -0.15) is 0 Å². The van der Waals surface area contributed by atoms with Crippen molar-refractivity contribution in [1.82, 2.24) is 10.3 Å². The number of aliphatic hydroxyl groups is 2. The van der Waals surface area contributed by atoms with E-state index in [1.54, 1.807) is 20.0 Å². The highest BCUT2D eigenvalue weighted by Gasteiger charge is 2.54. The van der Waals surface area contributed by atoms with Crippen LogP contribution in [0.3, 0.4) is 0 Å². The van der Waals surface area contributed by atoms with Crippen LogP contribution >= 0.6 is 0 Å². The van der Waals surface area contributed by atoms with E-state index in [2.05, 4.69) is 10.3 Å². The first kappa shape index (κ1) is 20.1. The van der Waals surface area contributed by atoms with Crippen molar-refractivity contribution in [3.8, 4) is 0 Å². The number of aryl methyl sites for hydroxylation is 1. The summed E-state index contributed by atoms with van der Waals surface area (Å²) in [5.74, 6) is -6.17. The number of allylic oxidation sites excluding steroid dienone is 1. The van der Waals surface area contributed by atoms with Gasteiger partial charge in [-0.3, -0.25) is 19.2 Å². The fourth-order valence-electron chi connectivity index (χ4n) is 5.31. The number of pyridine rings is 1. The molecule has 3 aliphatic carbocycles. The van der Waals surface area contributed by atoms with E-state index in [0.717, 1.165) is 0 Å². The molecular weight excluding hydrogens is 390 g/mol. The van der Waals surface area contributed by atoms with Crippen LogP contribution < -0.4 is 16.6 Å². The SMILES string of the molecule is CNC[C@@H]1C(O)=C(C(N)=O)C(=O)C2C(=O)C3=C(O)c4c(cc(C)[nH]c4=O)CC3CC21. The predicted octanol–water partition coefficient (Wildman–Crippen LogP) is 0.0456. The van der Waals surface area contributed by atoms with E-state index < -0.39 is 63.8 Å². The quantitative estimate of drug-likeness (QED) is 0.345. The summed E-state index contributed by atoms with van der Waals surface area (Å²) < 4.78 is 0. The Hall–Kier alpha value is -3.20. The van der Waals surface area contributed by atoms with Gasteiger partial charge in [-0.05, 0) is 50.3 Å². The zero-order valence-electron chi connectivity index (χ0n) is 16.6. The zero-order valence-corrected chi connectivity index (χ0v) is 16.6. The zero-order chi connectivity index (χ0) is 21.9. The first-order valence-corrected chi connectivity index (χ1v) is 9.79. The number of ketones is 2. The second kappa shape index (κ2) is 6.94. The van der Waals surface area contributed by atoms with Crippen molar-refractivity contribution >= 4 is 23.2 Å². The number of rotatable bonds is 3. The lowest BCUT2D eigenvalue weighted by atomic mass is 9.58. The van der Waals surface area contributed by atoms with Crippen LogP contribution in [0.25, 0.3) is 5.76 Å². The van der Waals surface area contributed by atoms with Gasteiger partial charge in [-0.25, -0.2) is 0 Å². The summed E-state index contributed by atoms with van der Waals surface area (Å²) in [4.78, 5) is 53.2. The summed E-state index contributed by atoms with van der Waals surface area (Å²) in [5, 5.41) is 24.4. The molecule has 9 nitrogen and oxygen atoms in total. The van der Waals surface area contributed by atoms with Crippen LogP contribution in [0.4, 0.5) is 0 Å². The van der Waals surface area contributed by atoms with Gasteiger partial charge in [0.15, 0.2) is 11.6 Å². The van der Waals surface area contributed by atoms with Crippen LogP contribution in [-0.4, -0.2) is 46.3 Å². The molecule has 3 unspecified atom stereocenters. The maximum atomic E-state index is 13.4. The van der Waals surface area contributed by atoms with Crippen molar-refractivity contribution in [2.45, 2.75) is 19.8 Å². The highest BCUT2D eigenvalue weighted by Crippen LogP contribution is 2.49. The fraction of sp³-hybridized carbons (Fsp3) is 0.429. The molecular formula is C21H23N3O6. The minimum absolute atomic E-state index is 0.0415. The Morgan fingerprint density at radius 1 is 1.27 bits per heavy atom. The first-order valence-electron chi connectivity index (χ1n) is 9.79. The molecule has 3 aliphatic rings. The fourth-order valence-corrected chi connectivity index (χ4v) is 5.31. The molecule has 4 rings (SSSR count). The van der Waals surface area contributed by atoms with Crippen molar-refractivity contribution in [3.05, 3.63) is 50.1 Å². The number of H-pyrrole nitrogens is 1. The first-order chi connectivity index (χ1) is 14.2. The number of primary amides is 1. The largest absolute Gasteiger partial charge is 0.511 e. The number of Topliss-reactive ketones (excluding diaryl/α,β-unsaturated/α-hetero) is 2. The highest BCUT2D eigenvalue weighted by molar-refractivity contribution is 6.28. The molecule has 0 aliphatic heterocycles. The van der Waals surface area contributed by atoms with Gasteiger partial charge in [0.2, 0.25) is 0 Å². The molecule has 1 heterocycles. The van der Waals surface area contributed by atoms with Crippen molar-refractivity contribution in [3.63, 3.8) is 0 Å². The molecule has 158 valence electrons. The standard InChI is InChI=1S/C21H23N3O6/c1-7-3-8-4-9-5-10-11(6-23-2)16(25)15(20(22)29)19(28)14(10)18(27)12(9)17(26)13(8)21(30)24-7/h3,9-11,14,23,25-26H,4-6H2,1-2H3,(H2,22,29)(H,24,30)/t9?,10?,11-,14?/m0/s1. The third kappa shape index (κ3) is 2.72. The summed E-state index contributed by atoms with van der Waals surface area (Å²) >= 11 is 0. The number of aliphatic hydroxyl groups excluding tert-OH is 2. The third-order valence-electron chi connectivity index (χ3n) is 6.47. The molecule has 0 bridgehead atoms. The van der Waals surface area contributed by atoms with Crippen molar-refractivity contribution in [2.75, 3.05) is 13.6 Å². The van der Waals surface area contributed by atoms with Crippen LogP contribution in [0, 0.1) is 30.6 Å². The number of hydrogen-bond donors (Lipinski definition) is 5. The molecule has 6 N–H and O–H groups in total. The average molecular weight is 413 g/mol. The molecule has 1 amide bonds. The van der Waals surface area contributed by atoms with Gasteiger partial charge in [0.05, 0.1) is 11.5 Å². The van der Waals surface area contributed by atoms with Crippen LogP contribution in [0.5, 0.6) is 0 Å². The number of aromatic nitrogens is 1. The second-order valence-corrected chi connectivity index (χ2v) is 8.24. The van der Waals surface area contributed by atoms with Gasteiger partial charge >= 0.3 is 0 Å². The Kier molecular flexibility index (Phi) is 4.65. The number of nitrogens with one attached hydrogen (secondary N) is 2. The maximum Gasteiger partial charge on any atom is 0.259 e. The van der Waals surface area contributed by atoms with Crippen molar-refractivity contribution in [1.29, 1.82) is 0 Å². The van der Waals surface area contributed by atoms with Crippen LogP contribution in [0.2, 0.25) is 0 Å². The van der Waals surface area contributed by atoms with E-state index >= 15 is 0 Å². The summed E-state index contributed by atoms with van der Waals surface area (Å²) in [6.07, 6.45) is 0.706. The van der Waals surface area contributed by atoms with Crippen LogP contribution in [0.15, 0.2) is 27.8 Å². The number of fused-ring (bicyclic) bond motifs is 3. The number of aromatic amines is 1. The van der Waals surface area contributed by atoms with Crippen molar-refractivity contribution < 1.29 is 24.6 Å². The minimum atomic E-state index is -1.23. The molecule has 1 aromatic heterocycles. The Balaban J connectivity index is 1.88. The third-order valence-corrected chi connectivity index (χ3v) is 6.47. The summed E-state index contributed by atoms with van der Waals surface area (Å²) in [7, 11) is 1.66. The average Bonchev–Trinajstić information content (AvgIpc) is 2.63. The molecule has 0 saturated heterocycles. The Labute approximate surface area is 171 Å². The number of nitrogens with two attached hydrogens (primary N) is 1. The van der Waals surface area contributed by atoms with Crippen LogP contribution in [-0.2, 0) is 20.8 Å². The molecule has 4 atom stereocenters. The van der Waals surface area contributed by atoms with E-state index in [9.17, 15) is 29.4 Å². The maximum absolute atomic E-state index is 13.4. The summed E-state index contributed by atoms with van der Waals surface area (Å²) in [6.45, 7) is 1.98. The molecule has 9 heteroatoms. The molecule has 0 aromatic carbocycles. The number of amides is 1. The summed E-state index contributed by atoms with van der Waals surface area (Å²) in [5.41, 5.74) is 5.62. The van der Waals surface area contributed by atoms with E-state index in [1.165, 1.54) is 0 Å². The Morgan fingerprint density at radius 3 is 2.60 bits per heavy atom. The normalized spacial score (nSPS) is 28.2. The second-order valence-electron chi connectivity index (χ2n) is 8.24. The molecule has 0 spiro atoms. The number of carbonyl (C=O) groups is 3.